The van der Waals surface area contributed by atoms with Gasteiger partial charge in [0.15, 0.2) is 11.7 Å². The van der Waals surface area contributed by atoms with E-state index in [0.717, 1.165) is 0 Å². The SMILES string of the molecule is O=C(O)OCCNc1cccnc1C1=NNC(c2ccccn2)=NN1. The van der Waals surface area contributed by atoms with Crippen molar-refractivity contribution >= 4 is 23.5 Å². The van der Waals surface area contributed by atoms with Crippen molar-refractivity contribution in [2.45, 2.75) is 0 Å². The fourth-order valence-corrected chi connectivity index (χ4v) is 2.05. The van der Waals surface area contributed by atoms with Crippen molar-refractivity contribution in [3.05, 3.63) is 54.1 Å². The van der Waals surface area contributed by atoms with Gasteiger partial charge in [0.2, 0.25) is 0 Å². The molecule has 0 bridgehead atoms. The van der Waals surface area contributed by atoms with Gasteiger partial charge in [-0.15, -0.1) is 0 Å². The molecule has 10 nitrogen and oxygen atoms in total. The highest BCUT2D eigenvalue weighted by atomic mass is 16.7. The summed E-state index contributed by atoms with van der Waals surface area (Å²) in [4.78, 5) is 18.8. The van der Waals surface area contributed by atoms with Gasteiger partial charge in [0.05, 0.1) is 5.69 Å². The number of hydrogen-bond acceptors (Lipinski definition) is 9. The van der Waals surface area contributed by atoms with Gasteiger partial charge in [0.1, 0.15) is 18.0 Å². The van der Waals surface area contributed by atoms with Crippen molar-refractivity contribution < 1.29 is 14.6 Å². The van der Waals surface area contributed by atoms with Gasteiger partial charge >= 0.3 is 6.16 Å². The van der Waals surface area contributed by atoms with Gasteiger partial charge in [0.25, 0.3) is 0 Å². The molecule has 0 spiro atoms. The van der Waals surface area contributed by atoms with Gasteiger partial charge in [-0.05, 0) is 24.3 Å². The molecular weight excluding hydrogens is 326 g/mol. The molecule has 0 radical (unpaired) electrons. The molecule has 2 aromatic rings. The van der Waals surface area contributed by atoms with Crippen molar-refractivity contribution in [1.29, 1.82) is 0 Å². The van der Waals surface area contributed by atoms with Crippen molar-refractivity contribution in [1.82, 2.24) is 20.8 Å². The van der Waals surface area contributed by atoms with Gasteiger partial charge in [-0.3, -0.25) is 20.8 Å². The molecule has 3 heterocycles. The Morgan fingerprint density at radius 1 is 1.08 bits per heavy atom. The number of ether oxygens (including phenoxy) is 1. The number of rotatable bonds is 6. The largest absolute Gasteiger partial charge is 0.505 e. The van der Waals surface area contributed by atoms with Crippen LogP contribution in [0, 0.1) is 0 Å². The smallest absolute Gasteiger partial charge is 0.450 e. The summed E-state index contributed by atoms with van der Waals surface area (Å²) in [5.74, 6) is 0.909. The number of amidine groups is 2. The number of anilines is 1. The maximum atomic E-state index is 10.4. The van der Waals surface area contributed by atoms with E-state index in [1.807, 2.05) is 18.2 Å². The highest BCUT2D eigenvalue weighted by Crippen LogP contribution is 2.13. The van der Waals surface area contributed by atoms with E-state index < -0.39 is 6.16 Å². The lowest BCUT2D eigenvalue weighted by Gasteiger charge is -2.16. The number of nitrogens with zero attached hydrogens (tertiary/aromatic N) is 4. The monoisotopic (exact) mass is 341 g/mol. The molecule has 1 aliphatic heterocycles. The number of nitrogens with one attached hydrogen (secondary N) is 3. The molecule has 0 aliphatic carbocycles. The van der Waals surface area contributed by atoms with E-state index in [4.69, 9.17) is 5.11 Å². The molecule has 4 N–H and O–H groups in total. The molecule has 128 valence electrons. The van der Waals surface area contributed by atoms with Crippen molar-refractivity contribution in [2.24, 2.45) is 10.2 Å². The topological polar surface area (TPSA) is 133 Å². The van der Waals surface area contributed by atoms with Crippen LogP contribution in [0.4, 0.5) is 10.5 Å². The summed E-state index contributed by atoms with van der Waals surface area (Å²) in [5.41, 5.74) is 7.54. The first-order valence-electron chi connectivity index (χ1n) is 7.38. The minimum absolute atomic E-state index is 0.0177. The first kappa shape index (κ1) is 16.2. The average Bonchev–Trinajstić information content (AvgIpc) is 2.66. The molecule has 10 heteroatoms. The summed E-state index contributed by atoms with van der Waals surface area (Å²) in [6, 6.07) is 9.03. The Hall–Kier alpha value is -3.69. The van der Waals surface area contributed by atoms with E-state index in [-0.39, 0.29) is 6.61 Å². The van der Waals surface area contributed by atoms with Gasteiger partial charge in [0, 0.05) is 18.9 Å². The van der Waals surface area contributed by atoms with Gasteiger partial charge in [-0.1, -0.05) is 6.07 Å². The summed E-state index contributed by atoms with van der Waals surface area (Å²) in [5, 5.41) is 20.0. The van der Waals surface area contributed by atoms with Crippen LogP contribution in [0.1, 0.15) is 11.4 Å². The van der Waals surface area contributed by atoms with E-state index >= 15 is 0 Å². The van der Waals surface area contributed by atoms with Gasteiger partial charge in [-0.2, -0.15) is 10.2 Å². The highest BCUT2D eigenvalue weighted by Gasteiger charge is 2.16. The fourth-order valence-electron chi connectivity index (χ4n) is 2.05. The average molecular weight is 341 g/mol. The van der Waals surface area contributed by atoms with Crippen LogP contribution < -0.4 is 16.2 Å². The Balaban J connectivity index is 1.67. The Bertz CT molecular complexity index is 808. The third kappa shape index (κ3) is 4.19. The Labute approximate surface area is 142 Å². The Kier molecular flexibility index (Phi) is 5.00. The predicted molar refractivity (Wildman–Crippen MR) is 90.3 cm³/mol. The second-order valence-corrected chi connectivity index (χ2v) is 4.80. The predicted octanol–water partition coefficient (Wildman–Crippen LogP) is 0.799. The number of aromatic nitrogens is 2. The van der Waals surface area contributed by atoms with E-state index in [0.29, 0.717) is 35.3 Å². The van der Waals surface area contributed by atoms with Crippen LogP contribution in [0.15, 0.2) is 52.9 Å². The highest BCUT2D eigenvalue weighted by molar-refractivity contribution is 6.06. The van der Waals surface area contributed by atoms with Crippen LogP contribution in [0.2, 0.25) is 0 Å². The van der Waals surface area contributed by atoms with Gasteiger partial charge < -0.3 is 15.2 Å². The Morgan fingerprint density at radius 3 is 2.60 bits per heavy atom. The maximum absolute atomic E-state index is 10.4. The lowest BCUT2D eigenvalue weighted by Crippen LogP contribution is -2.35. The van der Waals surface area contributed by atoms with E-state index in [1.165, 1.54) is 0 Å². The number of pyridine rings is 2. The lowest BCUT2D eigenvalue weighted by molar-refractivity contribution is 0.0953. The first-order chi connectivity index (χ1) is 12.2. The van der Waals surface area contributed by atoms with Crippen molar-refractivity contribution in [3.63, 3.8) is 0 Å². The molecule has 0 saturated heterocycles. The van der Waals surface area contributed by atoms with Crippen LogP contribution in [0.5, 0.6) is 0 Å². The third-order valence-corrected chi connectivity index (χ3v) is 3.13. The zero-order valence-corrected chi connectivity index (χ0v) is 13.0. The summed E-state index contributed by atoms with van der Waals surface area (Å²) in [6.07, 6.45) is 1.97. The second kappa shape index (κ2) is 7.73. The van der Waals surface area contributed by atoms with Crippen LogP contribution >= 0.6 is 0 Å². The second-order valence-electron chi connectivity index (χ2n) is 4.80. The summed E-state index contributed by atoms with van der Waals surface area (Å²) in [7, 11) is 0. The van der Waals surface area contributed by atoms with Crippen LogP contribution in [-0.4, -0.2) is 46.1 Å². The van der Waals surface area contributed by atoms with E-state index in [1.54, 1.807) is 24.5 Å². The number of hydrazone groups is 2. The van der Waals surface area contributed by atoms with Crippen molar-refractivity contribution in [2.75, 3.05) is 18.5 Å². The molecule has 2 aromatic heterocycles. The number of hydrogen-bond donors (Lipinski definition) is 4. The van der Waals surface area contributed by atoms with Crippen LogP contribution in [0.25, 0.3) is 0 Å². The van der Waals surface area contributed by atoms with E-state index in [9.17, 15) is 4.79 Å². The molecule has 0 aromatic carbocycles. The molecule has 25 heavy (non-hydrogen) atoms. The van der Waals surface area contributed by atoms with Crippen molar-refractivity contribution in [3.8, 4) is 0 Å². The summed E-state index contributed by atoms with van der Waals surface area (Å²) in [6.45, 7) is 0.317. The minimum Gasteiger partial charge on any atom is -0.450 e. The van der Waals surface area contributed by atoms with Gasteiger partial charge in [-0.25, -0.2) is 4.79 Å². The molecule has 0 amide bonds. The molecule has 3 rings (SSSR count). The Morgan fingerprint density at radius 2 is 1.88 bits per heavy atom. The maximum Gasteiger partial charge on any atom is 0.505 e. The molecular formula is C15H15N7O3. The molecule has 0 unspecified atom stereocenters. The van der Waals surface area contributed by atoms with Crippen LogP contribution in [0.3, 0.4) is 0 Å². The molecule has 0 fully saturated rings. The third-order valence-electron chi connectivity index (χ3n) is 3.13. The zero-order chi connectivity index (χ0) is 17.5. The molecule has 0 saturated carbocycles. The lowest BCUT2D eigenvalue weighted by atomic mass is 10.2. The normalized spacial score (nSPS) is 13.0. The molecule has 0 atom stereocenters. The fraction of sp³-hybridized carbons (Fsp3) is 0.133. The minimum atomic E-state index is -1.31. The number of carboxylic acid groups (broad SMARTS) is 1. The van der Waals surface area contributed by atoms with Crippen LogP contribution in [-0.2, 0) is 4.74 Å². The summed E-state index contributed by atoms with van der Waals surface area (Å²) >= 11 is 0. The quantitative estimate of drug-likeness (QED) is 0.448. The molecule has 1 aliphatic rings. The number of carbonyl (C=O) groups is 1. The summed E-state index contributed by atoms with van der Waals surface area (Å²) < 4.78 is 4.46. The standard InChI is InChI=1S/C15H15N7O3/c23-15(24)25-9-8-17-10-5-3-7-18-12(10)14-21-19-13(20-22-14)11-4-1-2-6-16-11/h1-7,17H,8-9H2,(H,19,20)(H,21,22)(H,23,24). The first-order valence-corrected chi connectivity index (χ1v) is 7.38. The van der Waals surface area contributed by atoms with E-state index in [2.05, 4.69) is 41.1 Å². The zero-order valence-electron chi connectivity index (χ0n) is 13.0.